The molecule has 5 N–H and O–H groups in total. The van der Waals surface area contributed by atoms with Gasteiger partial charge in [0.05, 0.1) is 0 Å². The van der Waals surface area contributed by atoms with Crippen molar-refractivity contribution in [3.05, 3.63) is 65.2 Å². The molecule has 2 aromatic carbocycles. The Balaban J connectivity index is 0.00000122. The molecule has 2 amide bonds. The number of piperidine rings is 1. The van der Waals surface area contributed by atoms with Crippen molar-refractivity contribution < 1.29 is 19.5 Å². The highest BCUT2D eigenvalue weighted by molar-refractivity contribution is 5.96. The Kier molecular flexibility index (Phi) is 10.9. The number of urea groups is 1. The van der Waals surface area contributed by atoms with Crippen LogP contribution in [-0.2, 0) is 11.2 Å². The first kappa shape index (κ1) is 25.9. The van der Waals surface area contributed by atoms with Crippen molar-refractivity contribution in [3.63, 3.8) is 0 Å². The number of aryl methyl sites for hydroxylation is 1. The zero-order valence-corrected chi connectivity index (χ0v) is 19.1. The fraction of sp³-hybridized carbons (Fsp3) is 0.400. The van der Waals surface area contributed by atoms with Crippen molar-refractivity contribution in [1.82, 2.24) is 10.2 Å². The van der Waals surface area contributed by atoms with E-state index in [1.165, 1.54) is 5.56 Å². The van der Waals surface area contributed by atoms with E-state index in [-0.39, 0.29) is 18.3 Å². The number of hydrogen-bond acceptors (Lipinski definition) is 5. The van der Waals surface area contributed by atoms with Crippen LogP contribution in [0.1, 0.15) is 40.7 Å². The highest BCUT2D eigenvalue weighted by Crippen LogP contribution is 2.17. The van der Waals surface area contributed by atoms with Gasteiger partial charge in [-0.3, -0.25) is 9.59 Å². The molecule has 1 aliphatic rings. The molecule has 0 atom stereocenters. The number of ketones is 1. The summed E-state index contributed by atoms with van der Waals surface area (Å²) in [7, 11) is 0. The minimum absolute atomic E-state index is 0.0516. The summed E-state index contributed by atoms with van der Waals surface area (Å²) in [5.41, 5.74) is 9.76. The van der Waals surface area contributed by atoms with Gasteiger partial charge in [0.25, 0.3) is 6.47 Å². The van der Waals surface area contributed by atoms with Gasteiger partial charge in [0.1, 0.15) is 0 Å². The largest absolute Gasteiger partial charge is 0.483 e. The van der Waals surface area contributed by atoms with Crippen LogP contribution in [0.2, 0.25) is 0 Å². The van der Waals surface area contributed by atoms with E-state index in [1.54, 1.807) is 0 Å². The van der Waals surface area contributed by atoms with Gasteiger partial charge in [-0.1, -0.05) is 42.0 Å². The number of nitrogens with two attached hydrogens (primary N) is 1. The minimum atomic E-state index is -0.250. The number of nitrogens with zero attached hydrogens (tertiary/aromatic N) is 1. The molecule has 0 aromatic heterocycles. The van der Waals surface area contributed by atoms with E-state index in [0.717, 1.165) is 30.5 Å². The van der Waals surface area contributed by atoms with Crippen molar-refractivity contribution >= 4 is 24.0 Å². The molecule has 0 bridgehead atoms. The van der Waals surface area contributed by atoms with Crippen LogP contribution in [0.25, 0.3) is 0 Å². The molecule has 1 aliphatic heterocycles. The molecule has 1 heterocycles. The number of benzene rings is 2. The first-order valence-corrected chi connectivity index (χ1v) is 11.2. The predicted octanol–water partition coefficient (Wildman–Crippen LogP) is 3.06. The van der Waals surface area contributed by atoms with Gasteiger partial charge in [0.15, 0.2) is 5.78 Å². The number of amides is 2. The number of likely N-dealkylation sites (tertiary alicyclic amines) is 1. The highest BCUT2D eigenvalue weighted by atomic mass is 16.3. The topological polar surface area (TPSA) is 125 Å². The van der Waals surface area contributed by atoms with Gasteiger partial charge in [-0.15, -0.1) is 0 Å². The lowest BCUT2D eigenvalue weighted by Gasteiger charge is -2.33. The van der Waals surface area contributed by atoms with Crippen LogP contribution in [-0.4, -0.2) is 60.5 Å². The standard InChI is InChI=1S/C24H32N4O2.CH2O2/c1-18-2-6-20(7-3-18)23(29)11-15-26-24(30)28-16-12-22(13-17-28)27-21-8-4-19(5-9-21)10-14-25;2-1-3/h2-9,22,27H,10-17,25H2,1H3,(H,26,30);1H,(H,2,3). The smallest absolute Gasteiger partial charge is 0.317 e. The molecular formula is C25H34N4O4. The molecule has 33 heavy (non-hydrogen) atoms. The Morgan fingerprint density at radius 1 is 1.09 bits per heavy atom. The molecule has 3 rings (SSSR count). The zero-order chi connectivity index (χ0) is 24.1. The maximum atomic E-state index is 12.4. The molecule has 0 saturated carbocycles. The zero-order valence-electron chi connectivity index (χ0n) is 19.1. The molecule has 0 aliphatic carbocycles. The second-order valence-electron chi connectivity index (χ2n) is 8.02. The van der Waals surface area contributed by atoms with Gasteiger partial charge in [-0.05, 0) is 50.4 Å². The number of rotatable bonds is 8. The molecule has 1 fully saturated rings. The molecule has 8 heteroatoms. The molecule has 0 spiro atoms. The molecule has 0 unspecified atom stereocenters. The summed E-state index contributed by atoms with van der Waals surface area (Å²) >= 11 is 0. The van der Waals surface area contributed by atoms with Gasteiger partial charge in [0.2, 0.25) is 0 Å². The third-order valence-corrected chi connectivity index (χ3v) is 5.54. The summed E-state index contributed by atoms with van der Waals surface area (Å²) in [6.07, 6.45) is 3.01. The lowest BCUT2D eigenvalue weighted by atomic mass is 10.0. The monoisotopic (exact) mass is 454 g/mol. The van der Waals surface area contributed by atoms with Gasteiger partial charge in [-0.25, -0.2) is 4.79 Å². The summed E-state index contributed by atoms with van der Waals surface area (Å²) in [5.74, 6) is 0.0516. The average Bonchev–Trinajstić information content (AvgIpc) is 2.82. The normalized spacial score (nSPS) is 13.5. The van der Waals surface area contributed by atoms with Gasteiger partial charge < -0.3 is 26.4 Å². The van der Waals surface area contributed by atoms with Crippen LogP contribution < -0.4 is 16.4 Å². The number of hydrogen-bond donors (Lipinski definition) is 4. The van der Waals surface area contributed by atoms with Crippen LogP contribution in [0.3, 0.4) is 0 Å². The summed E-state index contributed by atoms with van der Waals surface area (Å²) in [4.78, 5) is 34.8. The summed E-state index contributed by atoms with van der Waals surface area (Å²) in [6, 6.07) is 16.2. The van der Waals surface area contributed by atoms with Crippen LogP contribution in [0.5, 0.6) is 0 Å². The summed E-state index contributed by atoms with van der Waals surface area (Å²) in [6.45, 7) is 4.18. The van der Waals surface area contributed by atoms with E-state index in [0.29, 0.717) is 44.2 Å². The number of anilines is 1. The predicted molar refractivity (Wildman–Crippen MR) is 130 cm³/mol. The molecule has 178 valence electrons. The fourth-order valence-corrected chi connectivity index (χ4v) is 3.68. The van der Waals surface area contributed by atoms with Gasteiger partial charge >= 0.3 is 6.03 Å². The van der Waals surface area contributed by atoms with Crippen molar-refractivity contribution in [2.45, 2.75) is 38.6 Å². The Bertz CT molecular complexity index is 876. The number of Topliss-reactive ketones (excluding diaryl/α,β-unsaturated/α-hetero) is 1. The number of carboxylic acid groups (broad SMARTS) is 1. The maximum absolute atomic E-state index is 12.4. The molecule has 1 saturated heterocycles. The van der Waals surface area contributed by atoms with E-state index in [4.69, 9.17) is 15.6 Å². The Morgan fingerprint density at radius 2 is 1.70 bits per heavy atom. The minimum Gasteiger partial charge on any atom is -0.483 e. The van der Waals surface area contributed by atoms with Gasteiger partial charge in [-0.2, -0.15) is 0 Å². The van der Waals surface area contributed by atoms with Crippen LogP contribution >= 0.6 is 0 Å². The number of nitrogens with one attached hydrogen (secondary N) is 2. The molecule has 8 nitrogen and oxygen atoms in total. The van der Waals surface area contributed by atoms with E-state index in [2.05, 4.69) is 34.9 Å². The quantitative estimate of drug-likeness (QED) is 0.359. The van der Waals surface area contributed by atoms with Crippen LogP contribution in [0.4, 0.5) is 10.5 Å². The second-order valence-corrected chi connectivity index (χ2v) is 8.02. The third-order valence-electron chi connectivity index (χ3n) is 5.54. The number of carbonyl (C=O) groups is 3. The van der Waals surface area contributed by atoms with Crippen molar-refractivity contribution in [2.24, 2.45) is 5.73 Å². The SMILES string of the molecule is Cc1ccc(C(=O)CCNC(=O)N2CCC(Nc3ccc(CCN)cc3)CC2)cc1.O=CO. The van der Waals surface area contributed by atoms with E-state index < -0.39 is 0 Å². The highest BCUT2D eigenvalue weighted by Gasteiger charge is 2.22. The lowest BCUT2D eigenvalue weighted by Crippen LogP contribution is -2.47. The Labute approximate surface area is 195 Å². The van der Waals surface area contributed by atoms with Crippen molar-refractivity contribution in [2.75, 3.05) is 31.5 Å². The van der Waals surface area contributed by atoms with E-state index in [9.17, 15) is 9.59 Å². The Morgan fingerprint density at radius 3 is 2.27 bits per heavy atom. The second kappa shape index (κ2) is 13.9. The van der Waals surface area contributed by atoms with Crippen molar-refractivity contribution in [1.29, 1.82) is 0 Å². The molecule has 2 aromatic rings. The molecular weight excluding hydrogens is 420 g/mol. The summed E-state index contributed by atoms with van der Waals surface area (Å²) in [5, 5.41) is 13.3. The fourth-order valence-electron chi connectivity index (χ4n) is 3.68. The lowest BCUT2D eigenvalue weighted by molar-refractivity contribution is -0.122. The first-order chi connectivity index (χ1) is 16.0. The van der Waals surface area contributed by atoms with Crippen molar-refractivity contribution in [3.8, 4) is 0 Å². The Hall–Kier alpha value is -3.39. The average molecular weight is 455 g/mol. The maximum Gasteiger partial charge on any atom is 0.317 e. The van der Waals surface area contributed by atoms with E-state index >= 15 is 0 Å². The van der Waals surface area contributed by atoms with Crippen LogP contribution in [0, 0.1) is 6.92 Å². The third kappa shape index (κ3) is 8.94. The first-order valence-electron chi connectivity index (χ1n) is 11.2. The van der Waals surface area contributed by atoms with Gasteiger partial charge in [0, 0.05) is 43.3 Å². The summed E-state index contributed by atoms with van der Waals surface area (Å²) < 4.78 is 0. The molecule has 0 radical (unpaired) electrons. The number of carbonyl (C=O) groups excluding carboxylic acids is 2. The van der Waals surface area contributed by atoms with Crippen LogP contribution in [0.15, 0.2) is 48.5 Å². The van der Waals surface area contributed by atoms with E-state index in [1.807, 2.05) is 36.1 Å².